The van der Waals surface area contributed by atoms with Crippen molar-refractivity contribution in [3.63, 3.8) is 0 Å². The molecule has 1 unspecified atom stereocenters. The lowest BCUT2D eigenvalue weighted by Gasteiger charge is -2.27. The van der Waals surface area contributed by atoms with Gasteiger partial charge in [0.05, 0.1) is 0 Å². The van der Waals surface area contributed by atoms with Crippen LogP contribution >= 0.6 is 0 Å². The Bertz CT molecular complexity index is 386. The first kappa shape index (κ1) is 15.7. The van der Waals surface area contributed by atoms with E-state index in [-0.39, 0.29) is 5.41 Å². The van der Waals surface area contributed by atoms with Gasteiger partial charge in [-0.15, -0.1) is 0 Å². The Kier molecular flexibility index (Phi) is 5.54. The number of nitrogens with zero attached hydrogens (tertiary/aromatic N) is 3. The highest BCUT2D eigenvalue weighted by Crippen LogP contribution is 2.19. The minimum atomic E-state index is 0.237. The quantitative estimate of drug-likeness (QED) is 0.823. The standard InChI is InChI=1S/C14H27N5/c1-11(7-15)8-16-12-6-13(18-10-17-12)19(5)9-14(2,3)4/h6,10-11H,7-9,15H2,1-5H3,(H,16,17,18). The molecule has 1 rings (SSSR count). The number of aromatic nitrogens is 2. The second-order valence-corrected chi connectivity index (χ2v) is 6.40. The van der Waals surface area contributed by atoms with Crippen LogP contribution in [0.25, 0.3) is 0 Å². The zero-order valence-electron chi connectivity index (χ0n) is 12.8. The fourth-order valence-electron chi connectivity index (χ4n) is 1.81. The first-order chi connectivity index (χ1) is 8.81. The molecule has 0 spiro atoms. The van der Waals surface area contributed by atoms with Crippen molar-refractivity contribution in [3.8, 4) is 0 Å². The molecule has 1 aromatic rings. The molecule has 108 valence electrons. The topological polar surface area (TPSA) is 67.1 Å². The first-order valence-electron chi connectivity index (χ1n) is 6.79. The minimum absolute atomic E-state index is 0.237. The predicted molar refractivity (Wildman–Crippen MR) is 81.5 cm³/mol. The monoisotopic (exact) mass is 265 g/mol. The predicted octanol–water partition coefficient (Wildman–Crippen LogP) is 1.97. The fraction of sp³-hybridized carbons (Fsp3) is 0.714. The number of nitrogens with two attached hydrogens (primary N) is 1. The number of anilines is 2. The highest BCUT2D eigenvalue weighted by atomic mass is 15.2. The summed E-state index contributed by atoms with van der Waals surface area (Å²) in [5, 5.41) is 3.30. The molecule has 19 heavy (non-hydrogen) atoms. The van der Waals surface area contributed by atoms with E-state index in [1.54, 1.807) is 6.33 Å². The summed E-state index contributed by atoms with van der Waals surface area (Å²) in [4.78, 5) is 10.7. The SMILES string of the molecule is CC(CN)CNc1cc(N(C)CC(C)(C)C)ncn1. The summed E-state index contributed by atoms with van der Waals surface area (Å²) in [6, 6.07) is 1.98. The van der Waals surface area contributed by atoms with Crippen molar-refractivity contribution in [3.05, 3.63) is 12.4 Å². The molecule has 0 amide bonds. The van der Waals surface area contributed by atoms with Gasteiger partial charge in [-0.3, -0.25) is 0 Å². The third-order valence-corrected chi connectivity index (χ3v) is 2.79. The van der Waals surface area contributed by atoms with Gasteiger partial charge in [0.1, 0.15) is 18.0 Å². The van der Waals surface area contributed by atoms with Crippen LogP contribution in [0.3, 0.4) is 0 Å². The van der Waals surface area contributed by atoms with Gasteiger partial charge in [-0.1, -0.05) is 27.7 Å². The second-order valence-electron chi connectivity index (χ2n) is 6.40. The molecule has 0 fully saturated rings. The van der Waals surface area contributed by atoms with Crippen molar-refractivity contribution in [1.82, 2.24) is 9.97 Å². The van der Waals surface area contributed by atoms with Gasteiger partial charge in [0.25, 0.3) is 0 Å². The average molecular weight is 265 g/mol. The molecular weight excluding hydrogens is 238 g/mol. The van der Waals surface area contributed by atoms with Crippen LogP contribution in [0, 0.1) is 11.3 Å². The van der Waals surface area contributed by atoms with Crippen LogP contribution in [0.5, 0.6) is 0 Å². The van der Waals surface area contributed by atoms with Crippen molar-refractivity contribution in [2.45, 2.75) is 27.7 Å². The van der Waals surface area contributed by atoms with Gasteiger partial charge in [-0.05, 0) is 17.9 Å². The van der Waals surface area contributed by atoms with Crippen LogP contribution in [0.1, 0.15) is 27.7 Å². The third-order valence-electron chi connectivity index (χ3n) is 2.79. The fourth-order valence-corrected chi connectivity index (χ4v) is 1.81. The summed E-state index contributed by atoms with van der Waals surface area (Å²) >= 11 is 0. The van der Waals surface area contributed by atoms with E-state index in [2.05, 4.69) is 54.9 Å². The third kappa shape index (κ3) is 5.87. The molecule has 0 aliphatic heterocycles. The summed E-state index contributed by atoms with van der Waals surface area (Å²) < 4.78 is 0. The number of rotatable bonds is 6. The van der Waals surface area contributed by atoms with Crippen LogP contribution in [0.15, 0.2) is 12.4 Å². The molecule has 0 saturated carbocycles. The zero-order chi connectivity index (χ0) is 14.5. The molecule has 0 aromatic carbocycles. The summed E-state index contributed by atoms with van der Waals surface area (Å²) in [5.41, 5.74) is 5.84. The minimum Gasteiger partial charge on any atom is -0.370 e. The van der Waals surface area contributed by atoms with Gasteiger partial charge in [0.15, 0.2) is 0 Å². The molecule has 0 aliphatic carbocycles. The highest BCUT2D eigenvalue weighted by Gasteiger charge is 2.15. The van der Waals surface area contributed by atoms with E-state index in [4.69, 9.17) is 5.73 Å². The Balaban J connectivity index is 2.66. The van der Waals surface area contributed by atoms with Crippen LogP contribution in [0.2, 0.25) is 0 Å². The number of nitrogens with one attached hydrogen (secondary N) is 1. The second kappa shape index (κ2) is 6.70. The van der Waals surface area contributed by atoms with Crippen LogP contribution in [-0.4, -0.2) is 36.6 Å². The molecule has 5 heteroatoms. The maximum absolute atomic E-state index is 5.60. The molecule has 1 atom stereocenters. The Labute approximate surface area is 116 Å². The van der Waals surface area contributed by atoms with Crippen molar-refractivity contribution in [1.29, 1.82) is 0 Å². The lowest BCUT2D eigenvalue weighted by atomic mass is 9.96. The molecular formula is C14H27N5. The van der Waals surface area contributed by atoms with Crippen molar-refractivity contribution < 1.29 is 0 Å². The normalized spacial score (nSPS) is 13.2. The van der Waals surface area contributed by atoms with E-state index in [0.29, 0.717) is 12.5 Å². The van der Waals surface area contributed by atoms with Crippen LogP contribution < -0.4 is 16.0 Å². The molecule has 1 aromatic heterocycles. The van der Waals surface area contributed by atoms with E-state index in [9.17, 15) is 0 Å². The van der Waals surface area contributed by atoms with Crippen LogP contribution in [-0.2, 0) is 0 Å². The maximum Gasteiger partial charge on any atom is 0.133 e. The summed E-state index contributed by atoms with van der Waals surface area (Å²) in [5.74, 6) is 2.23. The number of hydrogen-bond acceptors (Lipinski definition) is 5. The molecule has 0 radical (unpaired) electrons. The highest BCUT2D eigenvalue weighted by molar-refractivity contribution is 5.48. The van der Waals surface area contributed by atoms with Gasteiger partial charge in [0.2, 0.25) is 0 Å². The maximum atomic E-state index is 5.60. The van der Waals surface area contributed by atoms with E-state index >= 15 is 0 Å². The van der Waals surface area contributed by atoms with Crippen molar-refractivity contribution >= 4 is 11.6 Å². The van der Waals surface area contributed by atoms with Crippen molar-refractivity contribution in [2.75, 3.05) is 36.9 Å². The molecule has 3 N–H and O–H groups in total. The molecule has 0 saturated heterocycles. The van der Waals surface area contributed by atoms with Gasteiger partial charge in [-0.25, -0.2) is 9.97 Å². The molecule has 0 aliphatic rings. The Morgan fingerprint density at radius 1 is 1.37 bits per heavy atom. The largest absolute Gasteiger partial charge is 0.370 e. The molecule has 0 bridgehead atoms. The van der Waals surface area contributed by atoms with Gasteiger partial charge >= 0.3 is 0 Å². The van der Waals surface area contributed by atoms with E-state index < -0.39 is 0 Å². The van der Waals surface area contributed by atoms with Crippen molar-refractivity contribution in [2.24, 2.45) is 17.1 Å². The lowest BCUT2D eigenvalue weighted by Crippen LogP contribution is -2.29. The summed E-state index contributed by atoms with van der Waals surface area (Å²) in [6.07, 6.45) is 1.60. The van der Waals surface area contributed by atoms with E-state index in [1.165, 1.54) is 0 Å². The van der Waals surface area contributed by atoms with E-state index in [0.717, 1.165) is 24.7 Å². The summed E-state index contributed by atoms with van der Waals surface area (Å²) in [7, 11) is 2.06. The molecule has 1 heterocycles. The molecule has 5 nitrogen and oxygen atoms in total. The Hall–Kier alpha value is -1.36. The van der Waals surface area contributed by atoms with E-state index in [1.807, 2.05) is 6.07 Å². The lowest BCUT2D eigenvalue weighted by molar-refractivity contribution is 0.418. The van der Waals surface area contributed by atoms with Gasteiger partial charge < -0.3 is 16.0 Å². The zero-order valence-corrected chi connectivity index (χ0v) is 12.8. The smallest absolute Gasteiger partial charge is 0.133 e. The number of hydrogen-bond donors (Lipinski definition) is 2. The average Bonchev–Trinajstić information content (AvgIpc) is 2.34. The Morgan fingerprint density at radius 3 is 2.63 bits per heavy atom. The van der Waals surface area contributed by atoms with Crippen LogP contribution in [0.4, 0.5) is 11.6 Å². The van der Waals surface area contributed by atoms with Gasteiger partial charge in [-0.2, -0.15) is 0 Å². The first-order valence-corrected chi connectivity index (χ1v) is 6.79. The summed E-state index contributed by atoms with van der Waals surface area (Å²) in [6.45, 7) is 11.2. The Morgan fingerprint density at radius 2 is 2.05 bits per heavy atom. The van der Waals surface area contributed by atoms with Gasteiger partial charge in [0, 0.05) is 26.2 Å².